The van der Waals surface area contributed by atoms with Crippen LogP contribution in [0.1, 0.15) is 19.2 Å². The second-order valence-electron chi connectivity index (χ2n) is 5.94. The number of nitro groups is 1. The van der Waals surface area contributed by atoms with E-state index in [1.165, 1.54) is 6.07 Å². The maximum absolute atomic E-state index is 13.3. The molecule has 0 unspecified atom stereocenters. The van der Waals surface area contributed by atoms with Crippen LogP contribution in [0.5, 0.6) is 5.75 Å². The predicted octanol–water partition coefficient (Wildman–Crippen LogP) is 3.75. The zero-order valence-electron chi connectivity index (χ0n) is 15.4. The van der Waals surface area contributed by atoms with Crippen LogP contribution < -0.4 is 10.1 Å². The summed E-state index contributed by atoms with van der Waals surface area (Å²) in [5.41, 5.74) is 0.162. The number of nitrogens with one attached hydrogen (secondary N) is 1. The SMILES string of the molecule is CCOc1ccc(-c2noc(CCC(=O)Nc3ccc(F)c([N+](=O)[O-])c3)n2)cc1. The Morgan fingerprint density at radius 3 is 2.72 bits per heavy atom. The van der Waals surface area contributed by atoms with Crippen LogP contribution in [0.15, 0.2) is 47.0 Å². The molecule has 0 saturated heterocycles. The molecule has 0 atom stereocenters. The molecule has 1 N–H and O–H groups in total. The Morgan fingerprint density at radius 2 is 2.03 bits per heavy atom. The van der Waals surface area contributed by atoms with Gasteiger partial charge in [-0.2, -0.15) is 9.37 Å². The summed E-state index contributed by atoms with van der Waals surface area (Å²) in [7, 11) is 0. The van der Waals surface area contributed by atoms with Crippen molar-refractivity contribution in [1.82, 2.24) is 10.1 Å². The van der Waals surface area contributed by atoms with Gasteiger partial charge in [0.1, 0.15) is 5.75 Å². The quantitative estimate of drug-likeness (QED) is 0.451. The Balaban J connectivity index is 1.57. The van der Waals surface area contributed by atoms with Crippen LogP contribution in [0, 0.1) is 15.9 Å². The van der Waals surface area contributed by atoms with E-state index in [1.54, 1.807) is 24.3 Å². The van der Waals surface area contributed by atoms with Crippen molar-refractivity contribution in [3.63, 3.8) is 0 Å². The number of hydrogen-bond acceptors (Lipinski definition) is 7. The van der Waals surface area contributed by atoms with Gasteiger partial charge in [0.05, 0.1) is 11.5 Å². The molecule has 0 fully saturated rings. The standard InChI is InChI=1S/C19H17FN4O5/c1-2-28-14-6-3-12(4-7-14)19-22-18(29-23-19)10-9-17(25)21-13-5-8-15(20)16(11-13)24(26)27/h3-8,11H,2,9-10H2,1H3,(H,21,25). The first-order valence-electron chi connectivity index (χ1n) is 8.76. The number of nitrogens with zero attached hydrogens (tertiary/aromatic N) is 3. The molecule has 0 spiro atoms. The number of carbonyl (C=O) groups excluding carboxylic acids is 1. The lowest BCUT2D eigenvalue weighted by molar-refractivity contribution is -0.387. The Labute approximate surface area is 164 Å². The molecular weight excluding hydrogens is 383 g/mol. The molecule has 2 aromatic carbocycles. The molecule has 0 aliphatic heterocycles. The van der Waals surface area contributed by atoms with Gasteiger partial charge < -0.3 is 14.6 Å². The summed E-state index contributed by atoms with van der Waals surface area (Å²) in [6, 6.07) is 10.3. The molecule has 3 aromatic rings. The second kappa shape index (κ2) is 8.91. The first-order valence-corrected chi connectivity index (χ1v) is 8.76. The van der Waals surface area contributed by atoms with Crippen molar-refractivity contribution in [3.8, 4) is 17.1 Å². The molecule has 0 aliphatic carbocycles. The van der Waals surface area contributed by atoms with Crippen LogP contribution in [0.2, 0.25) is 0 Å². The number of aryl methyl sites for hydroxylation is 1. The lowest BCUT2D eigenvalue weighted by Gasteiger charge is -2.04. The Kier molecular flexibility index (Phi) is 6.12. The van der Waals surface area contributed by atoms with Gasteiger partial charge in [-0.15, -0.1) is 0 Å². The summed E-state index contributed by atoms with van der Waals surface area (Å²) in [5.74, 6) is -0.00296. The smallest absolute Gasteiger partial charge is 0.306 e. The predicted molar refractivity (Wildman–Crippen MR) is 101 cm³/mol. The van der Waals surface area contributed by atoms with Gasteiger partial charge in [-0.25, -0.2) is 0 Å². The Morgan fingerprint density at radius 1 is 1.28 bits per heavy atom. The lowest BCUT2D eigenvalue weighted by Crippen LogP contribution is -2.12. The van der Waals surface area contributed by atoms with E-state index in [1.807, 2.05) is 6.92 Å². The first kappa shape index (κ1) is 19.9. The van der Waals surface area contributed by atoms with Crippen molar-refractivity contribution in [1.29, 1.82) is 0 Å². The van der Waals surface area contributed by atoms with Crippen LogP contribution in [-0.2, 0) is 11.2 Å². The van der Waals surface area contributed by atoms with Gasteiger partial charge in [-0.05, 0) is 43.3 Å². The van der Waals surface area contributed by atoms with Crippen LogP contribution in [0.4, 0.5) is 15.8 Å². The number of amides is 1. The third-order valence-electron chi connectivity index (χ3n) is 3.88. The summed E-state index contributed by atoms with van der Waals surface area (Å²) < 4.78 is 23.9. The molecule has 9 nitrogen and oxygen atoms in total. The minimum absolute atomic E-state index is 0.0100. The van der Waals surface area contributed by atoms with E-state index in [9.17, 15) is 19.3 Å². The fourth-order valence-corrected chi connectivity index (χ4v) is 2.51. The first-order chi connectivity index (χ1) is 14.0. The Bertz CT molecular complexity index is 1020. The summed E-state index contributed by atoms with van der Waals surface area (Å²) in [5, 5.41) is 17.1. The number of halogens is 1. The number of nitro benzene ring substituents is 1. The van der Waals surface area contributed by atoms with Crippen molar-refractivity contribution in [3.05, 3.63) is 64.3 Å². The average molecular weight is 400 g/mol. The zero-order chi connectivity index (χ0) is 20.8. The number of benzene rings is 2. The molecule has 1 aromatic heterocycles. The van der Waals surface area contributed by atoms with Gasteiger partial charge in [-0.3, -0.25) is 14.9 Å². The molecular formula is C19H17FN4O5. The van der Waals surface area contributed by atoms with Crippen molar-refractivity contribution in [2.75, 3.05) is 11.9 Å². The number of rotatable bonds is 8. The normalized spacial score (nSPS) is 10.6. The van der Waals surface area contributed by atoms with Crippen molar-refractivity contribution < 1.29 is 23.4 Å². The molecule has 0 saturated carbocycles. The van der Waals surface area contributed by atoms with Crippen LogP contribution in [0.3, 0.4) is 0 Å². The van der Waals surface area contributed by atoms with Gasteiger partial charge in [0.25, 0.3) is 0 Å². The fourth-order valence-electron chi connectivity index (χ4n) is 2.51. The van der Waals surface area contributed by atoms with Crippen molar-refractivity contribution in [2.24, 2.45) is 0 Å². The maximum atomic E-state index is 13.3. The maximum Gasteiger partial charge on any atom is 0.306 e. The van der Waals surface area contributed by atoms with E-state index in [2.05, 4.69) is 15.5 Å². The summed E-state index contributed by atoms with van der Waals surface area (Å²) >= 11 is 0. The molecule has 0 radical (unpaired) electrons. The minimum atomic E-state index is -0.972. The topological polar surface area (TPSA) is 120 Å². The van der Waals surface area contributed by atoms with Crippen LogP contribution >= 0.6 is 0 Å². The van der Waals surface area contributed by atoms with Crippen molar-refractivity contribution in [2.45, 2.75) is 19.8 Å². The van der Waals surface area contributed by atoms with Crippen molar-refractivity contribution >= 4 is 17.3 Å². The number of aromatic nitrogens is 2. The molecule has 10 heteroatoms. The fraction of sp³-hybridized carbons (Fsp3) is 0.211. The van der Waals surface area contributed by atoms with Gasteiger partial charge in [-0.1, -0.05) is 5.16 Å². The van der Waals surface area contributed by atoms with Crippen LogP contribution in [-0.4, -0.2) is 27.6 Å². The number of hydrogen-bond donors (Lipinski definition) is 1. The molecule has 29 heavy (non-hydrogen) atoms. The average Bonchev–Trinajstić information content (AvgIpc) is 3.17. The van der Waals surface area contributed by atoms with Gasteiger partial charge >= 0.3 is 5.69 Å². The summed E-state index contributed by atoms with van der Waals surface area (Å²) in [6.45, 7) is 2.46. The third-order valence-corrected chi connectivity index (χ3v) is 3.88. The monoisotopic (exact) mass is 400 g/mol. The molecule has 150 valence electrons. The molecule has 0 aliphatic rings. The van der Waals surface area contributed by atoms with Gasteiger partial charge in [0.2, 0.25) is 23.4 Å². The van der Waals surface area contributed by atoms with E-state index in [0.717, 1.165) is 23.4 Å². The van der Waals surface area contributed by atoms with Gasteiger partial charge in [0, 0.05) is 30.2 Å². The third kappa shape index (κ3) is 5.12. The number of anilines is 1. The van der Waals surface area contributed by atoms with E-state index in [-0.39, 0.29) is 24.4 Å². The Hall–Kier alpha value is -3.82. The molecule has 3 rings (SSSR count). The van der Waals surface area contributed by atoms with Crippen LogP contribution in [0.25, 0.3) is 11.4 Å². The zero-order valence-corrected chi connectivity index (χ0v) is 15.4. The molecule has 1 amide bonds. The summed E-state index contributed by atoms with van der Waals surface area (Å²) in [6.07, 6.45) is 0.190. The second-order valence-corrected chi connectivity index (χ2v) is 5.94. The number of carbonyl (C=O) groups is 1. The highest BCUT2D eigenvalue weighted by atomic mass is 19.1. The van der Waals surface area contributed by atoms with E-state index in [4.69, 9.17) is 9.26 Å². The highest BCUT2D eigenvalue weighted by molar-refractivity contribution is 5.91. The van der Waals surface area contributed by atoms with Gasteiger partial charge in [0.15, 0.2) is 0 Å². The molecule has 0 bridgehead atoms. The van der Waals surface area contributed by atoms with E-state index < -0.39 is 22.3 Å². The highest BCUT2D eigenvalue weighted by Crippen LogP contribution is 2.22. The lowest BCUT2D eigenvalue weighted by atomic mass is 10.2. The summed E-state index contributed by atoms with van der Waals surface area (Å²) in [4.78, 5) is 26.2. The van der Waals surface area contributed by atoms with E-state index in [0.29, 0.717) is 12.4 Å². The molecule has 1 heterocycles. The van der Waals surface area contributed by atoms with E-state index >= 15 is 0 Å². The minimum Gasteiger partial charge on any atom is -0.494 e. The highest BCUT2D eigenvalue weighted by Gasteiger charge is 2.16. The largest absolute Gasteiger partial charge is 0.494 e. The number of ether oxygens (including phenoxy) is 1.